The zero-order valence-corrected chi connectivity index (χ0v) is 13.1. The summed E-state index contributed by atoms with van der Waals surface area (Å²) in [6, 6.07) is 13.7. The largest absolute Gasteiger partial charge is 0.497 e. The number of rotatable bonds is 6. The van der Waals surface area contributed by atoms with Gasteiger partial charge in [-0.1, -0.05) is 30.3 Å². The van der Waals surface area contributed by atoms with Crippen molar-refractivity contribution in [1.29, 1.82) is 0 Å². The first-order chi connectivity index (χ1) is 11.0. The molecule has 0 aromatic heterocycles. The van der Waals surface area contributed by atoms with Gasteiger partial charge in [0, 0.05) is 25.2 Å². The van der Waals surface area contributed by atoms with Crippen molar-refractivity contribution in [2.24, 2.45) is 0 Å². The summed E-state index contributed by atoms with van der Waals surface area (Å²) >= 11 is 0. The first-order valence-electron chi connectivity index (χ1n) is 7.10. The molecule has 0 radical (unpaired) electrons. The average Bonchev–Trinajstić information content (AvgIpc) is 2.55. The first-order valence-corrected chi connectivity index (χ1v) is 7.10. The summed E-state index contributed by atoms with van der Waals surface area (Å²) in [5, 5.41) is 11.0. The van der Waals surface area contributed by atoms with Crippen LogP contribution < -0.4 is 4.74 Å². The minimum absolute atomic E-state index is 0.00236. The number of nitro benzene ring substituents is 1. The maximum absolute atomic E-state index is 12.3. The van der Waals surface area contributed by atoms with Gasteiger partial charge in [0.25, 0.3) is 5.69 Å². The van der Waals surface area contributed by atoms with Gasteiger partial charge in [-0.2, -0.15) is 0 Å². The van der Waals surface area contributed by atoms with E-state index < -0.39 is 4.92 Å². The van der Waals surface area contributed by atoms with Gasteiger partial charge in [-0.25, -0.2) is 0 Å². The number of likely N-dealkylation sites (N-methyl/N-ethyl adjacent to an activating group) is 1. The fourth-order valence-electron chi connectivity index (χ4n) is 2.27. The van der Waals surface area contributed by atoms with E-state index in [4.69, 9.17) is 4.74 Å². The van der Waals surface area contributed by atoms with Crippen LogP contribution in [0.2, 0.25) is 0 Å². The Morgan fingerprint density at radius 2 is 1.96 bits per heavy atom. The van der Waals surface area contributed by atoms with Crippen LogP contribution in [0.1, 0.15) is 11.1 Å². The lowest BCUT2D eigenvalue weighted by molar-refractivity contribution is -0.385. The standard InChI is InChI=1S/C17H18N2O4/c1-18(12-13-6-5-8-15(10-13)23-2)17(20)11-14-7-3-4-9-16(14)19(21)22/h3-10H,11-12H2,1-2H3. The molecule has 0 saturated heterocycles. The molecule has 6 nitrogen and oxygen atoms in total. The van der Waals surface area contributed by atoms with Crippen LogP contribution in [-0.4, -0.2) is 29.9 Å². The number of para-hydroxylation sites is 1. The molecule has 0 fully saturated rings. The number of nitro groups is 1. The Morgan fingerprint density at radius 1 is 1.22 bits per heavy atom. The van der Waals surface area contributed by atoms with Gasteiger partial charge in [0.1, 0.15) is 5.75 Å². The molecule has 0 spiro atoms. The van der Waals surface area contributed by atoms with Gasteiger partial charge in [0.2, 0.25) is 5.91 Å². The Balaban J connectivity index is 2.07. The molecule has 6 heteroatoms. The lowest BCUT2D eigenvalue weighted by Crippen LogP contribution is -2.27. The molecule has 0 aliphatic rings. The Hall–Kier alpha value is -2.89. The number of ether oxygens (including phenoxy) is 1. The number of amides is 1. The van der Waals surface area contributed by atoms with Crippen LogP contribution in [0, 0.1) is 10.1 Å². The second kappa shape index (κ2) is 7.40. The lowest BCUT2D eigenvalue weighted by Gasteiger charge is -2.17. The molecule has 0 N–H and O–H groups in total. The maximum Gasteiger partial charge on any atom is 0.273 e. The van der Waals surface area contributed by atoms with Crippen LogP contribution in [-0.2, 0) is 17.8 Å². The van der Waals surface area contributed by atoms with E-state index in [1.54, 1.807) is 37.3 Å². The number of nitrogens with zero attached hydrogens (tertiary/aromatic N) is 2. The van der Waals surface area contributed by atoms with Crippen LogP contribution in [0.4, 0.5) is 5.69 Å². The third kappa shape index (κ3) is 4.29. The molecule has 23 heavy (non-hydrogen) atoms. The Labute approximate surface area is 134 Å². The fourth-order valence-corrected chi connectivity index (χ4v) is 2.27. The van der Waals surface area contributed by atoms with E-state index in [0.717, 1.165) is 11.3 Å². The van der Waals surface area contributed by atoms with Crippen LogP contribution >= 0.6 is 0 Å². The van der Waals surface area contributed by atoms with Crippen LogP contribution in [0.25, 0.3) is 0 Å². The lowest BCUT2D eigenvalue weighted by atomic mass is 10.1. The van der Waals surface area contributed by atoms with Gasteiger partial charge in [0.05, 0.1) is 18.5 Å². The Morgan fingerprint density at radius 3 is 2.65 bits per heavy atom. The summed E-state index contributed by atoms with van der Waals surface area (Å²) in [6.07, 6.45) is -0.00236. The predicted molar refractivity (Wildman–Crippen MR) is 86.3 cm³/mol. The van der Waals surface area contributed by atoms with Crippen molar-refractivity contribution in [2.75, 3.05) is 14.2 Å². The summed E-state index contributed by atoms with van der Waals surface area (Å²) in [5.74, 6) is 0.546. The van der Waals surface area contributed by atoms with Crippen molar-refractivity contribution in [3.05, 3.63) is 69.8 Å². The monoisotopic (exact) mass is 314 g/mol. The van der Waals surface area contributed by atoms with Crippen molar-refractivity contribution >= 4 is 11.6 Å². The molecule has 0 heterocycles. The predicted octanol–water partition coefficient (Wildman–Crippen LogP) is 2.80. The molecule has 0 bridgehead atoms. The average molecular weight is 314 g/mol. The third-order valence-corrected chi connectivity index (χ3v) is 3.51. The van der Waals surface area contributed by atoms with E-state index in [9.17, 15) is 14.9 Å². The molecule has 2 aromatic rings. The van der Waals surface area contributed by atoms with Gasteiger partial charge in [-0.15, -0.1) is 0 Å². The molecule has 0 saturated carbocycles. The van der Waals surface area contributed by atoms with Crippen LogP contribution in [0.5, 0.6) is 5.75 Å². The van der Waals surface area contributed by atoms with Crippen molar-refractivity contribution in [2.45, 2.75) is 13.0 Å². The van der Waals surface area contributed by atoms with Crippen molar-refractivity contribution in [3.8, 4) is 5.75 Å². The van der Waals surface area contributed by atoms with Gasteiger partial charge < -0.3 is 9.64 Å². The summed E-state index contributed by atoms with van der Waals surface area (Å²) < 4.78 is 5.16. The molecule has 0 atom stereocenters. The highest BCUT2D eigenvalue weighted by molar-refractivity contribution is 5.79. The quantitative estimate of drug-likeness (QED) is 0.607. The molecular weight excluding hydrogens is 296 g/mol. The van der Waals surface area contributed by atoms with E-state index in [2.05, 4.69) is 0 Å². The molecule has 0 unspecified atom stereocenters. The first kappa shape index (κ1) is 16.5. The van der Waals surface area contributed by atoms with Crippen molar-refractivity contribution in [1.82, 2.24) is 4.90 Å². The smallest absolute Gasteiger partial charge is 0.273 e. The number of carbonyl (C=O) groups is 1. The van der Waals surface area contributed by atoms with Crippen molar-refractivity contribution in [3.63, 3.8) is 0 Å². The number of carbonyl (C=O) groups excluding carboxylic acids is 1. The van der Waals surface area contributed by atoms with E-state index in [-0.39, 0.29) is 18.0 Å². The molecular formula is C17H18N2O4. The molecule has 2 aromatic carbocycles. The van der Waals surface area contributed by atoms with E-state index in [0.29, 0.717) is 12.1 Å². The minimum Gasteiger partial charge on any atom is -0.497 e. The fraction of sp³-hybridized carbons (Fsp3) is 0.235. The molecule has 120 valence electrons. The SMILES string of the molecule is COc1cccc(CN(C)C(=O)Cc2ccccc2[N+](=O)[O-])c1. The number of hydrogen-bond acceptors (Lipinski definition) is 4. The van der Waals surface area contributed by atoms with Gasteiger partial charge in [0.15, 0.2) is 0 Å². The second-order valence-electron chi connectivity index (χ2n) is 5.16. The summed E-state index contributed by atoms with van der Waals surface area (Å²) in [6.45, 7) is 0.413. The molecule has 0 aliphatic carbocycles. The van der Waals surface area contributed by atoms with Crippen LogP contribution in [0.15, 0.2) is 48.5 Å². The minimum atomic E-state index is -0.468. The highest BCUT2D eigenvalue weighted by Crippen LogP contribution is 2.19. The van der Waals surface area contributed by atoms with Gasteiger partial charge in [-0.05, 0) is 17.7 Å². The summed E-state index contributed by atoms with van der Waals surface area (Å²) in [5.41, 5.74) is 1.32. The second-order valence-corrected chi connectivity index (χ2v) is 5.16. The van der Waals surface area contributed by atoms with Gasteiger partial charge >= 0.3 is 0 Å². The highest BCUT2D eigenvalue weighted by atomic mass is 16.6. The topological polar surface area (TPSA) is 72.7 Å². The zero-order chi connectivity index (χ0) is 16.8. The Bertz CT molecular complexity index is 715. The Kier molecular flexibility index (Phi) is 5.30. The zero-order valence-electron chi connectivity index (χ0n) is 13.1. The maximum atomic E-state index is 12.3. The summed E-state index contributed by atoms with van der Waals surface area (Å²) in [7, 11) is 3.26. The van der Waals surface area contributed by atoms with E-state index in [1.807, 2.05) is 24.3 Å². The highest BCUT2D eigenvalue weighted by Gasteiger charge is 2.18. The third-order valence-electron chi connectivity index (χ3n) is 3.51. The normalized spacial score (nSPS) is 10.2. The molecule has 0 aliphatic heterocycles. The number of hydrogen-bond donors (Lipinski definition) is 0. The number of benzene rings is 2. The van der Waals surface area contributed by atoms with Crippen molar-refractivity contribution < 1.29 is 14.5 Å². The van der Waals surface area contributed by atoms with E-state index >= 15 is 0 Å². The van der Waals surface area contributed by atoms with Gasteiger partial charge in [-0.3, -0.25) is 14.9 Å². The van der Waals surface area contributed by atoms with Crippen LogP contribution in [0.3, 0.4) is 0 Å². The summed E-state index contributed by atoms with van der Waals surface area (Å²) in [4.78, 5) is 24.4. The number of methoxy groups -OCH3 is 1. The van der Waals surface area contributed by atoms with E-state index in [1.165, 1.54) is 6.07 Å². The molecule has 2 rings (SSSR count). The molecule has 1 amide bonds.